The minimum atomic E-state index is -0.0769. The molecule has 0 radical (unpaired) electrons. The van der Waals surface area contributed by atoms with E-state index in [1.807, 2.05) is 42.5 Å². The first-order valence-corrected chi connectivity index (χ1v) is 10.1. The van der Waals surface area contributed by atoms with Crippen molar-refractivity contribution in [1.82, 2.24) is 5.32 Å². The lowest BCUT2D eigenvalue weighted by molar-refractivity contribution is 0.412. The Bertz CT molecular complexity index is 995. The van der Waals surface area contributed by atoms with Crippen LogP contribution in [0.15, 0.2) is 54.6 Å². The zero-order valence-corrected chi connectivity index (χ0v) is 19.5. The van der Waals surface area contributed by atoms with Gasteiger partial charge < -0.3 is 10.4 Å². The fourth-order valence-electron chi connectivity index (χ4n) is 2.88. The van der Waals surface area contributed by atoms with Crippen LogP contribution in [0.4, 0.5) is 0 Å². The van der Waals surface area contributed by atoms with Crippen LogP contribution in [0.1, 0.15) is 26.3 Å². The van der Waals surface area contributed by atoms with Gasteiger partial charge in [-0.2, -0.15) is 0 Å². The van der Waals surface area contributed by atoms with Crippen LogP contribution in [0.5, 0.6) is 5.75 Å². The van der Waals surface area contributed by atoms with Crippen LogP contribution in [0.3, 0.4) is 0 Å². The Kier molecular flexibility index (Phi) is 7.89. The van der Waals surface area contributed by atoms with Crippen LogP contribution < -0.4 is 5.32 Å². The summed E-state index contributed by atoms with van der Waals surface area (Å²) in [5, 5.41) is 16.0. The average molecular weight is 471 g/mol. The lowest BCUT2D eigenvalue weighted by Crippen LogP contribution is -2.35. The molecule has 0 aliphatic rings. The van der Waals surface area contributed by atoms with E-state index in [4.69, 9.17) is 34.8 Å². The third-order valence-corrected chi connectivity index (χ3v) is 5.40. The van der Waals surface area contributed by atoms with Crippen molar-refractivity contribution in [2.75, 3.05) is 0 Å². The van der Waals surface area contributed by atoms with Crippen LogP contribution in [0.2, 0.25) is 15.1 Å². The maximum absolute atomic E-state index is 11.0. The largest absolute Gasteiger partial charge is 0.507 e. The van der Waals surface area contributed by atoms with Gasteiger partial charge in [0.05, 0.1) is 10.0 Å². The first kappa shape index (κ1) is 23.9. The second-order valence-electron chi connectivity index (χ2n) is 7.77. The van der Waals surface area contributed by atoms with Crippen molar-refractivity contribution >= 4 is 47.2 Å². The van der Waals surface area contributed by atoms with Crippen molar-refractivity contribution in [1.29, 1.82) is 0 Å². The molecule has 0 aromatic heterocycles. The first-order valence-electron chi connectivity index (χ1n) is 8.96. The normalized spacial score (nSPS) is 11.2. The van der Waals surface area contributed by atoms with Gasteiger partial charge in [-0.3, -0.25) is 0 Å². The lowest BCUT2D eigenvalue weighted by atomic mass is 9.94. The maximum Gasteiger partial charge on any atom is 0.127 e. The summed E-state index contributed by atoms with van der Waals surface area (Å²) in [6.45, 7) is 6.80. The van der Waals surface area contributed by atoms with Gasteiger partial charge in [0.15, 0.2) is 0 Å². The molecule has 3 aromatic carbocycles. The van der Waals surface area contributed by atoms with E-state index in [0.29, 0.717) is 27.2 Å². The van der Waals surface area contributed by atoms with E-state index in [0.717, 1.165) is 22.3 Å². The zero-order chi connectivity index (χ0) is 20.5. The highest BCUT2D eigenvalue weighted by Crippen LogP contribution is 2.39. The summed E-state index contributed by atoms with van der Waals surface area (Å²) in [7, 11) is 0. The lowest BCUT2D eigenvalue weighted by Gasteiger charge is -2.22. The number of phenolic OH excluding ortho intramolecular Hbond substituents is 1. The number of aromatic hydroxyl groups is 1. The highest BCUT2D eigenvalue weighted by atomic mass is 35.5. The Hall–Kier alpha value is -1.42. The van der Waals surface area contributed by atoms with E-state index in [1.54, 1.807) is 12.1 Å². The fraction of sp³-hybridized carbons (Fsp3) is 0.217. The predicted octanol–water partition coefficient (Wildman–Crippen LogP) is 8.00. The Balaban J connectivity index is 0.00000300. The number of rotatable bonds is 4. The molecule has 2 N–H and O–H groups in total. The quantitative estimate of drug-likeness (QED) is 0.404. The van der Waals surface area contributed by atoms with Crippen molar-refractivity contribution in [3.63, 3.8) is 0 Å². The molecular formula is C23H23Cl4NO. The molecule has 6 heteroatoms. The minimum absolute atomic E-state index is 0. The summed E-state index contributed by atoms with van der Waals surface area (Å²) in [5.41, 5.74) is 4.25. The third-order valence-electron chi connectivity index (χ3n) is 4.41. The highest BCUT2D eigenvalue weighted by molar-refractivity contribution is 6.42. The Morgan fingerprint density at radius 2 is 1.41 bits per heavy atom. The molecule has 29 heavy (non-hydrogen) atoms. The number of halogens is 4. The molecule has 0 atom stereocenters. The van der Waals surface area contributed by atoms with Gasteiger partial charge >= 0.3 is 0 Å². The summed E-state index contributed by atoms with van der Waals surface area (Å²) >= 11 is 18.3. The number of phenols is 1. The van der Waals surface area contributed by atoms with Gasteiger partial charge in [-0.05, 0) is 73.9 Å². The topological polar surface area (TPSA) is 32.3 Å². The Morgan fingerprint density at radius 3 is 2.00 bits per heavy atom. The van der Waals surface area contributed by atoms with Gasteiger partial charge in [-0.15, -0.1) is 12.4 Å². The summed E-state index contributed by atoms with van der Waals surface area (Å²) < 4.78 is 0. The molecule has 3 rings (SSSR count). The molecule has 0 bridgehead atoms. The number of hydrogen-bond donors (Lipinski definition) is 2. The third kappa shape index (κ3) is 6.04. The molecule has 0 amide bonds. The molecule has 0 aliphatic carbocycles. The maximum atomic E-state index is 11.0. The molecule has 2 nitrogen and oxygen atoms in total. The Morgan fingerprint density at radius 1 is 0.793 bits per heavy atom. The molecule has 154 valence electrons. The fourth-order valence-corrected chi connectivity index (χ4v) is 3.31. The second kappa shape index (κ2) is 9.59. The van der Waals surface area contributed by atoms with Gasteiger partial charge in [0.1, 0.15) is 5.75 Å². The van der Waals surface area contributed by atoms with E-state index in [-0.39, 0.29) is 23.7 Å². The van der Waals surface area contributed by atoms with Crippen LogP contribution >= 0.6 is 47.2 Å². The Labute approximate surface area is 193 Å². The summed E-state index contributed by atoms with van der Waals surface area (Å²) in [6, 6.07) is 17.0. The van der Waals surface area contributed by atoms with Crippen LogP contribution in [0.25, 0.3) is 22.3 Å². The SMILES string of the molecule is CC(C)(C)NCc1cc(-c2ccc(Cl)cc2)cc(-c2ccc(Cl)c(Cl)c2)c1O.Cl. The molecular weight excluding hydrogens is 448 g/mol. The molecule has 0 spiro atoms. The van der Waals surface area contributed by atoms with E-state index in [2.05, 4.69) is 26.1 Å². The van der Waals surface area contributed by atoms with Crippen LogP contribution in [0, 0.1) is 0 Å². The highest BCUT2D eigenvalue weighted by Gasteiger charge is 2.16. The van der Waals surface area contributed by atoms with E-state index in [1.165, 1.54) is 0 Å². The van der Waals surface area contributed by atoms with Crippen molar-refractivity contribution < 1.29 is 5.11 Å². The predicted molar refractivity (Wildman–Crippen MR) is 128 cm³/mol. The number of hydrogen-bond acceptors (Lipinski definition) is 2. The van der Waals surface area contributed by atoms with E-state index >= 15 is 0 Å². The molecule has 3 aromatic rings. The van der Waals surface area contributed by atoms with Crippen molar-refractivity contribution in [3.8, 4) is 28.0 Å². The van der Waals surface area contributed by atoms with Gasteiger partial charge in [0, 0.05) is 28.2 Å². The first-order chi connectivity index (χ1) is 13.1. The van der Waals surface area contributed by atoms with Gasteiger partial charge in [0.2, 0.25) is 0 Å². The molecule has 0 heterocycles. The van der Waals surface area contributed by atoms with Crippen LogP contribution in [-0.2, 0) is 6.54 Å². The summed E-state index contributed by atoms with van der Waals surface area (Å²) in [4.78, 5) is 0. The standard InChI is InChI=1S/C23H22Cl3NO.ClH/c1-23(2,3)27-13-17-10-16(14-4-7-18(24)8-5-14)11-19(22(17)28)15-6-9-20(25)21(26)12-15;/h4-12,27-28H,13H2,1-3H3;1H. The van der Waals surface area contributed by atoms with Gasteiger partial charge in [-0.25, -0.2) is 0 Å². The minimum Gasteiger partial charge on any atom is -0.507 e. The zero-order valence-electron chi connectivity index (χ0n) is 16.4. The van der Waals surface area contributed by atoms with Gasteiger partial charge in [0.25, 0.3) is 0 Å². The van der Waals surface area contributed by atoms with Gasteiger partial charge in [-0.1, -0.05) is 53.0 Å². The molecule has 0 saturated carbocycles. The second-order valence-corrected chi connectivity index (χ2v) is 9.02. The molecule has 0 fully saturated rings. The summed E-state index contributed by atoms with van der Waals surface area (Å²) in [6.07, 6.45) is 0. The molecule has 0 saturated heterocycles. The average Bonchev–Trinajstić information content (AvgIpc) is 2.63. The van der Waals surface area contributed by atoms with Crippen molar-refractivity contribution in [2.24, 2.45) is 0 Å². The van der Waals surface area contributed by atoms with Crippen molar-refractivity contribution in [2.45, 2.75) is 32.9 Å². The van der Waals surface area contributed by atoms with Crippen LogP contribution in [-0.4, -0.2) is 10.6 Å². The van der Waals surface area contributed by atoms with Crippen molar-refractivity contribution in [3.05, 3.63) is 75.2 Å². The number of nitrogens with one attached hydrogen (secondary N) is 1. The monoisotopic (exact) mass is 469 g/mol. The van der Waals surface area contributed by atoms with E-state index < -0.39 is 0 Å². The molecule has 0 aliphatic heterocycles. The van der Waals surface area contributed by atoms with E-state index in [9.17, 15) is 5.11 Å². The summed E-state index contributed by atoms with van der Waals surface area (Å²) in [5.74, 6) is 0.229. The number of benzene rings is 3. The molecule has 0 unspecified atom stereocenters. The smallest absolute Gasteiger partial charge is 0.127 e.